The number of hydrogen-bond donors (Lipinski definition) is 2. The highest BCUT2D eigenvalue weighted by Gasteiger charge is 2.25. The van der Waals surface area contributed by atoms with Crippen LogP contribution in [0.2, 0.25) is 5.02 Å². The van der Waals surface area contributed by atoms with Gasteiger partial charge >= 0.3 is 0 Å². The fourth-order valence-corrected chi connectivity index (χ4v) is 3.99. The molecule has 29 heavy (non-hydrogen) atoms. The summed E-state index contributed by atoms with van der Waals surface area (Å²) in [6.07, 6.45) is 2.36. The van der Waals surface area contributed by atoms with Crippen LogP contribution in [0.5, 0.6) is 0 Å². The molecule has 0 aromatic heterocycles. The summed E-state index contributed by atoms with van der Waals surface area (Å²) in [5.74, 6) is -0.332. The molecule has 0 spiro atoms. The molecule has 0 aliphatic carbocycles. The third kappa shape index (κ3) is 5.71. The molecule has 1 saturated heterocycles. The van der Waals surface area contributed by atoms with Gasteiger partial charge in [0.1, 0.15) is 0 Å². The van der Waals surface area contributed by atoms with Crippen LogP contribution in [0.15, 0.2) is 48.5 Å². The maximum atomic E-state index is 12.6. The van der Waals surface area contributed by atoms with Crippen LogP contribution >= 0.6 is 11.6 Å². The minimum absolute atomic E-state index is 0.0355. The van der Waals surface area contributed by atoms with Crippen molar-refractivity contribution < 1.29 is 18.0 Å². The molecule has 2 aromatic rings. The van der Waals surface area contributed by atoms with Crippen LogP contribution in [-0.2, 0) is 10.0 Å². The van der Waals surface area contributed by atoms with Gasteiger partial charge in [-0.3, -0.25) is 14.3 Å². The van der Waals surface area contributed by atoms with Crippen molar-refractivity contribution >= 4 is 39.1 Å². The van der Waals surface area contributed by atoms with Crippen molar-refractivity contribution in [2.45, 2.75) is 18.9 Å². The van der Waals surface area contributed by atoms with Gasteiger partial charge in [-0.15, -0.1) is 0 Å². The number of rotatable bonds is 5. The number of likely N-dealkylation sites (tertiary alicyclic amines) is 1. The van der Waals surface area contributed by atoms with Gasteiger partial charge in [-0.05, 0) is 49.2 Å². The summed E-state index contributed by atoms with van der Waals surface area (Å²) in [6, 6.07) is 13.2. The minimum Gasteiger partial charge on any atom is -0.349 e. The average Bonchev–Trinajstić information content (AvgIpc) is 2.68. The van der Waals surface area contributed by atoms with Gasteiger partial charge in [-0.25, -0.2) is 8.42 Å². The van der Waals surface area contributed by atoms with E-state index in [4.69, 9.17) is 11.6 Å². The van der Waals surface area contributed by atoms with E-state index >= 15 is 0 Å². The molecule has 3 rings (SSSR count). The monoisotopic (exact) mass is 435 g/mol. The van der Waals surface area contributed by atoms with Crippen molar-refractivity contribution in [2.75, 3.05) is 24.1 Å². The molecule has 0 unspecified atom stereocenters. The SMILES string of the molecule is CS(=O)(=O)Nc1ccc(C(=O)NC2CCN(C(=O)c3ccccc3Cl)CC2)cc1. The molecular weight excluding hydrogens is 414 g/mol. The second kappa shape index (κ2) is 8.84. The maximum Gasteiger partial charge on any atom is 0.255 e. The maximum absolute atomic E-state index is 12.6. The molecule has 0 radical (unpaired) electrons. The zero-order valence-electron chi connectivity index (χ0n) is 15.9. The number of benzene rings is 2. The first-order chi connectivity index (χ1) is 13.7. The minimum atomic E-state index is -3.36. The van der Waals surface area contributed by atoms with E-state index < -0.39 is 10.0 Å². The first-order valence-corrected chi connectivity index (χ1v) is 11.4. The van der Waals surface area contributed by atoms with Gasteiger partial charge in [0.2, 0.25) is 10.0 Å². The third-order valence-corrected chi connectivity index (χ3v) is 5.61. The Morgan fingerprint density at radius 1 is 1.03 bits per heavy atom. The van der Waals surface area contributed by atoms with E-state index in [1.807, 2.05) is 0 Å². The lowest BCUT2D eigenvalue weighted by Crippen LogP contribution is -2.46. The van der Waals surface area contributed by atoms with Gasteiger partial charge in [0.25, 0.3) is 11.8 Å². The van der Waals surface area contributed by atoms with E-state index in [0.717, 1.165) is 6.26 Å². The Hall–Kier alpha value is -2.58. The van der Waals surface area contributed by atoms with Crippen molar-refractivity contribution in [1.82, 2.24) is 10.2 Å². The van der Waals surface area contributed by atoms with E-state index in [0.29, 0.717) is 47.8 Å². The van der Waals surface area contributed by atoms with Crippen molar-refractivity contribution in [2.24, 2.45) is 0 Å². The zero-order chi connectivity index (χ0) is 21.0. The smallest absolute Gasteiger partial charge is 0.255 e. The van der Waals surface area contributed by atoms with Gasteiger partial charge < -0.3 is 10.2 Å². The molecule has 154 valence electrons. The highest BCUT2D eigenvalue weighted by Crippen LogP contribution is 2.20. The number of carbonyl (C=O) groups is 2. The fraction of sp³-hybridized carbons (Fsp3) is 0.300. The molecule has 2 aromatic carbocycles. The van der Waals surface area contributed by atoms with E-state index in [-0.39, 0.29) is 17.9 Å². The van der Waals surface area contributed by atoms with E-state index in [1.165, 1.54) is 0 Å². The summed E-state index contributed by atoms with van der Waals surface area (Å²) in [4.78, 5) is 26.8. The number of piperidine rings is 1. The molecule has 7 nitrogen and oxygen atoms in total. The van der Waals surface area contributed by atoms with Gasteiger partial charge in [0.05, 0.1) is 16.8 Å². The summed E-state index contributed by atoms with van der Waals surface area (Å²) < 4.78 is 24.8. The number of amides is 2. The van der Waals surface area contributed by atoms with E-state index in [9.17, 15) is 18.0 Å². The van der Waals surface area contributed by atoms with Gasteiger partial charge in [0.15, 0.2) is 0 Å². The topological polar surface area (TPSA) is 95.6 Å². The third-order valence-electron chi connectivity index (χ3n) is 4.67. The normalized spacial score (nSPS) is 15.0. The van der Waals surface area contributed by atoms with Gasteiger partial charge in [-0.2, -0.15) is 0 Å². The number of nitrogens with zero attached hydrogens (tertiary/aromatic N) is 1. The Bertz CT molecular complexity index is 1000. The second-order valence-corrected chi connectivity index (χ2v) is 9.13. The second-order valence-electron chi connectivity index (χ2n) is 6.97. The van der Waals surface area contributed by atoms with Gasteiger partial charge in [-0.1, -0.05) is 23.7 Å². The van der Waals surface area contributed by atoms with Crippen LogP contribution < -0.4 is 10.0 Å². The zero-order valence-corrected chi connectivity index (χ0v) is 17.5. The highest BCUT2D eigenvalue weighted by molar-refractivity contribution is 7.92. The molecule has 1 aliphatic heterocycles. The van der Waals surface area contributed by atoms with Crippen LogP contribution in [-0.4, -0.2) is 50.5 Å². The first kappa shape index (κ1) is 21.1. The van der Waals surface area contributed by atoms with Crippen molar-refractivity contribution in [3.05, 3.63) is 64.7 Å². The van der Waals surface area contributed by atoms with Crippen LogP contribution in [0.4, 0.5) is 5.69 Å². The molecule has 0 bridgehead atoms. The van der Waals surface area contributed by atoms with E-state index in [2.05, 4.69) is 10.0 Å². The Labute approximate surface area is 175 Å². The fourth-order valence-electron chi connectivity index (χ4n) is 3.20. The lowest BCUT2D eigenvalue weighted by Gasteiger charge is -2.32. The molecule has 2 amide bonds. The predicted octanol–water partition coefficient (Wildman–Crippen LogP) is 2.75. The van der Waals surface area contributed by atoms with Crippen LogP contribution in [0.3, 0.4) is 0 Å². The van der Waals surface area contributed by atoms with Crippen molar-refractivity contribution in [1.29, 1.82) is 0 Å². The first-order valence-electron chi connectivity index (χ1n) is 9.15. The lowest BCUT2D eigenvalue weighted by atomic mass is 10.0. The molecule has 9 heteroatoms. The number of carbonyl (C=O) groups excluding carboxylic acids is 2. The molecule has 0 atom stereocenters. The largest absolute Gasteiger partial charge is 0.349 e. The Balaban J connectivity index is 1.53. The Kier molecular flexibility index (Phi) is 6.44. The molecule has 2 N–H and O–H groups in total. The number of nitrogens with one attached hydrogen (secondary N) is 2. The number of hydrogen-bond acceptors (Lipinski definition) is 4. The number of sulfonamides is 1. The lowest BCUT2D eigenvalue weighted by molar-refractivity contribution is 0.0698. The quantitative estimate of drug-likeness (QED) is 0.754. The van der Waals surface area contributed by atoms with Crippen LogP contribution in [0.1, 0.15) is 33.6 Å². The summed E-state index contributed by atoms with van der Waals surface area (Å²) in [5.41, 5.74) is 1.33. The number of halogens is 1. The highest BCUT2D eigenvalue weighted by atomic mass is 35.5. The molecule has 1 fully saturated rings. The summed E-state index contributed by atoms with van der Waals surface area (Å²) >= 11 is 6.11. The summed E-state index contributed by atoms with van der Waals surface area (Å²) in [7, 11) is -3.36. The summed E-state index contributed by atoms with van der Waals surface area (Å²) in [5, 5.41) is 3.40. The molecule has 1 aliphatic rings. The summed E-state index contributed by atoms with van der Waals surface area (Å²) in [6.45, 7) is 1.07. The number of anilines is 1. The molecular formula is C20H22ClN3O4S. The van der Waals surface area contributed by atoms with Crippen LogP contribution in [0.25, 0.3) is 0 Å². The standard InChI is InChI=1S/C20H22ClN3O4S/c1-29(27,28)23-16-8-6-14(7-9-16)19(25)22-15-10-12-24(13-11-15)20(26)17-4-2-3-5-18(17)21/h2-9,15,23H,10-13H2,1H3,(H,22,25). The van der Waals surface area contributed by atoms with E-state index in [1.54, 1.807) is 53.4 Å². The van der Waals surface area contributed by atoms with Gasteiger partial charge in [0, 0.05) is 30.4 Å². The Morgan fingerprint density at radius 2 is 1.66 bits per heavy atom. The predicted molar refractivity (Wildman–Crippen MR) is 113 cm³/mol. The molecule has 0 saturated carbocycles. The Morgan fingerprint density at radius 3 is 2.24 bits per heavy atom. The van der Waals surface area contributed by atoms with Crippen molar-refractivity contribution in [3.8, 4) is 0 Å². The molecule has 1 heterocycles. The van der Waals surface area contributed by atoms with Crippen molar-refractivity contribution in [3.63, 3.8) is 0 Å². The van der Waals surface area contributed by atoms with Crippen LogP contribution in [0, 0.1) is 0 Å². The average molecular weight is 436 g/mol.